The van der Waals surface area contributed by atoms with Crippen LogP contribution >= 0.6 is 11.3 Å². The first-order valence-corrected chi connectivity index (χ1v) is 6.20. The molecule has 0 spiro atoms. The number of rotatable bonds is 2. The van der Waals surface area contributed by atoms with E-state index in [0.29, 0.717) is 5.69 Å². The summed E-state index contributed by atoms with van der Waals surface area (Å²) >= 11 is 1.48. The van der Waals surface area contributed by atoms with Crippen molar-refractivity contribution in [1.82, 2.24) is 14.8 Å². The SMILES string of the molecule is O=C(O)c1nn(-c2ccc3ncsc3c2)ccc1=O. The first-order valence-electron chi connectivity index (χ1n) is 5.32. The molecule has 0 saturated carbocycles. The van der Waals surface area contributed by atoms with E-state index in [1.807, 2.05) is 12.1 Å². The maximum absolute atomic E-state index is 11.4. The summed E-state index contributed by atoms with van der Waals surface area (Å²) in [7, 11) is 0. The van der Waals surface area contributed by atoms with E-state index in [2.05, 4.69) is 10.1 Å². The molecule has 0 radical (unpaired) electrons. The predicted molar refractivity (Wildman–Crippen MR) is 70.0 cm³/mol. The zero-order valence-corrected chi connectivity index (χ0v) is 10.3. The van der Waals surface area contributed by atoms with Gasteiger partial charge in [0.25, 0.3) is 0 Å². The predicted octanol–water partition coefficient (Wildman–Crippen LogP) is 1.54. The van der Waals surface area contributed by atoms with Gasteiger partial charge in [0.2, 0.25) is 11.1 Å². The summed E-state index contributed by atoms with van der Waals surface area (Å²) in [5.74, 6) is -1.33. The number of aromatic carboxylic acids is 1. The minimum atomic E-state index is -1.33. The van der Waals surface area contributed by atoms with Crippen LogP contribution in [0.3, 0.4) is 0 Å². The van der Waals surface area contributed by atoms with Crippen LogP contribution in [0.15, 0.2) is 40.8 Å². The number of carboxylic acid groups (broad SMARTS) is 1. The van der Waals surface area contributed by atoms with Gasteiger partial charge in [0.05, 0.1) is 21.4 Å². The molecule has 0 unspecified atom stereocenters. The lowest BCUT2D eigenvalue weighted by Crippen LogP contribution is -2.20. The fraction of sp³-hybridized carbons (Fsp3) is 0. The van der Waals surface area contributed by atoms with Crippen molar-refractivity contribution in [1.29, 1.82) is 0 Å². The molecule has 1 N–H and O–H groups in total. The van der Waals surface area contributed by atoms with Gasteiger partial charge in [-0.2, -0.15) is 5.10 Å². The van der Waals surface area contributed by atoms with Crippen LogP contribution in [0.5, 0.6) is 0 Å². The van der Waals surface area contributed by atoms with E-state index in [1.165, 1.54) is 28.3 Å². The second kappa shape index (κ2) is 4.29. The number of hydrogen-bond acceptors (Lipinski definition) is 5. The maximum Gasteiger partial charge on any atom is 0.360 e. The lowest BCUT2D eigenvalue weighted by Gasteiger charge is -2.05. The van der Waals surface area contributed by atoms with Gasteiger partial charge in [0, 0.05) is 12.3 Å². The van der Waals surface area contributed by atoms with E-state index in [0.717, 1.165) is 10.2 Å². The van der Waals surface area contributed by atoms with Gasteiger partial charge in [0.1, 0.15) is 0 Å². The van der Waals surface area contributed by atoms with Gasteiger partial charge in [-0.15, -0.1) is 11.3 Å². The Morgan fingerprint density at radius 1 is 1.32 bits per heavy atom. The third kappa shape index (κ3) is 2.00. The molecule has 19 heavy (non-hydrogen) atoms. The molecular weight excluding hydrogens is 266 g/mol. The molecule has 1 aromatic carbocycles. The molecule has 94 valence electrons. The highest BCUT2D eigenvalue weighted by Gasteiger charge is 2.11. The van der Waals surface area contributed by atoms with Crippen LogP contribution in [0, 0.1) is 0 Å². The number of aromatic nitrogens is 3. The third-order valence-corrected chi connectivity index (χ3v) is 3.38. The maximum atomic E-state index is 11.4. The molecule has 0 aliphatic rings. The molecule has 0 saturated heterocycles. The van der Waals surface area contributed by atoms with E-state index < -0.39 is 17.1 Å². The molecule has 7 heteroatoms. The van der Waals surface area contributed by atoms with Crippen LogP contribution in [0.25, 0.3) is 15.9 Å². The minimum Gasteiger partial charge on any atom is -0.476 e. The Morgan fingerprint density at radius 3 is 2.95 bits per heavy atom. The summed E-state index contributed by atoms with van der Waals surface area (Å²) in [6, 6.07) is 6.62. The van der Waals surface area contributed by atoms with Crippen molar-refractivity contribution < 1.29 is 9.90 Å². The number of hydrogen-bond donors (Lipinski definition) is 1. The second-order valence-electron chi connectivity index (χ2n) is 3.78. The molecule has 6 nitrogen and oxygen atoms in total. The lowest BCUT2D eigenvalue weighted by molar-refractivity contribution is 0.0687. The zero-order valence-electron chi connectivity index (χ0n) is 9.48. The Hall–Kier alpha value is -2.54. The fourth-order valence-electron chi connectivity index (χ4n) is 1.69. The Kier molecular flexibility index (Phi) is 2.60. The van der Waals surface area contributed by atoms with E-state index in [4.69, 9.17) is 5.11 Å². The van der Waals surface area contributed by atoms with Crippen molar-refractivity contribution in [3.8, 4) is 5.69 Å². The minimum absolute atomic E-state index is 0.494. The molecule has 3 aromatic rings. The van der Waals surface area contributed by atoms with Crippen molar-refractivity contribution in [3.05, 3.63) is 51.9 Å². The third-order valence-electron chi connectivity index (χ3n) is 2.59. The molecule has 0 bridgehead atoms. The number of carboxylic acids is 1. The summed E-state index contributed by atoms with van der Waals surface area (Å²) < 4.78 is 2.33. The van der Waals surface area contributed by atoms with Gasteiger partial charge in [-0.3, -0.25) is 4.79 Å². The van der Waals surface area contributed by atoms with Gasteiger partial charge in [-0.1, -0.05) is 0 Å². The van der Waals surface area contributed by atoms with Crippen molar-refractivity contribution in [2.75, 3.05) is 0 Å². The second-order valence-corrected chi connectivity index (χ2v) is 4.67. The van der Waals surface area contributed by atoms with Crippen LogP contribution in [-0.2, 0) is 0 Å². The summed E-state index contributed by atoms with van der Waals surface area (Å²) in [4.78, 5) is 26.4. The Morgan fingerprint density at radius 2 is 2.16 bits per heavy atom. The molecule has 0 fully saturated rings. The largest absolute Gasteiger partial charge is 0.476 e. The summed E-state index contributed by atoms with van der Waals surface area (Å²) in [5.41, 5.74) is 2.18. The Labute approximate surface area is 110 Å². The van der Waals surface area contributed by atoms with Gasteiger partial charge >= 0.3 is 5.97 Å². The summed E-state index contributed by atoms with van der Waals surface area (Å²) in [6.07, 6.45) is 1.44. The van der Waals surface area contributed by atoms with Crippen LogP contribution < -0.4 is 5.43 Å². The van der Waals surface area contributed by atoms with Crippen LogP contribution in [0.1, 0.15) is 10.5 Å². The lowest BCUT2D eigenvalue weighted by atomic mass is 10.3. The molecule has 0 atom stereocenters. The number of carbonyl (C=O) groups is 1. The van der Waals surface area contributed by atoms with Crippen molar-refractivity contribution >= 4 is 27.5 Å². The summed E-state index contributed by atoms with van der Waals surface area (Å²) in [6.45, 7) is 0. The van der Waals surface area contributed by atoms with E-state index >= 15 is 0 Å². The highest BCUT2D eigenvalue weighted by atomic mass is 32.1. The molecule has 3 rings (SSSR count). The summed E-state index contributed by atoms with van der Waals surface area (Å²) in [5, 5.41) is 12.7. The number of nitrogens with zero attached hydrogens (tertiary/aromatic N) is 3. The number of thiazole rings is 1. The smallest absolute Gasteiger partial charge is 0.360 e. The van der Waals surface area contributed by atoms with Crippen LogP contribution in [0.2, 0.25) is 0 Å². The monoisotopic (exact) mass is 273 g/mol. The van der Waals surface area contributed by atoms with Crippen LogP contribution in [-0.4, -0.2) is 25.8 Å². The molecule has 0 aliphatic heterocycles. The van der Waals surface area contributed by atoms with Gasteiger partial charge in [-0.05, 0) is 18.2 Å². The average molecular weight is 273 g/mol. The molecule has 2 aromatic heterocycles. The van der Waals surface area contributed by atoms with Crippen molar-refractivity contribution in [2.24, 2.45) is 0 Å². The highest BCUT2D eigenvalue weighted by Crippen LogP contribution is 2.20. The quantitative estimate of drug-likeness (QED) is 0.765. The fourth-order valence-corrected chi connectivity index (χ4v) is 2.40. The Balaban J connectivity index is 2.18. The normalized spacial score (nSPS) is 10.7. The topological polar surface area (TPSA) is 85.1 Å². The average Bonchev–Trinajstić information content (AvgIpc) is 2.86. The van der Waals surface area contributed by atoms with E-state index in [9.17, 15) is 9.59 Å². The zero-order chi connectivity index (χ0) is 13.4. The number of fused-ring (bicyclic) bond motifs is 1. The van der Waals surface area contributed by atoms with E-state index in [1.54, 1.807) is 11.6 Å². The van der Waals surface area contributed by atoms with Gasteiger partial charge in [-0.25, -0.2) is 14.5 Å². The first-order chi connectivity index (χ1) is 9.15. The van der Waals surface area contributed by atoms with E-state index in [-0.39, 0.29) is 0 Å². The molecule has 0 amide bonds. The molecular formula is C12H7N3O3S. The van der Waals surface area contributed by atoms with Gasteiger partial charge in [0.15, 0.2) is 0 Å². The standard InChI is InChI=1S/C12H7N3O3S/c16-9-3-4-15(14-11(9)12(17)18)7-1-2-8-10(5-7)19-6-13-8/h1-6H,(H,17,18). The van der Waals surface area contributed by atoms with Crippen molar-refractivity contribution in [2.45, 2.75) is 0 Å². The molecule has 2 heterocycles. The van der Waals surface area contributed by atoms with Crippen molar-refractivity contribution in [3.63, 3.8) is 0 Å². The first kappa shape index (κ1) is 11.5. The van der Waals surface area contributed by atoms with Gasteiger partial charge < -0.3 is 5.11 Å². The Bertz CT molecular complexity index is 837. The highest BCUT2D eigenvalue weighted by molar-refractivity contribution is 7.16. The number of benzene rings is 1. The molecule has 0 aliphatic carbocycles. The van der Waals surface area contributed by atoms with Crippen LogP contribution in [0.4, 0.5) is 0 Å².